The lowest BCUT2D eigenvalue weighted by Crippen LogP contribution is -2.00. The standard InChI is InChI=1S/C21H21NO/c1-17-7-5-6-8-19(17)16-23-21-13-11-18(12-14-21)15-22-20-9-3-2-4-10-20/h2-14,22H,15-16H2,1H3. The van der Waals surface area contributed by atoms with E-state index in [4.69, 9.17) is 4.74 Å². The van der Waals surface area contributed by atoms with Crippen LogP contribution in [-0.4, -0.2) is 0 Å². The first-order valence-electron chi connectivity index (χ1n) is 7.86. The van der Waals surface area contributed by atoms with E-state index in [2.05, 4.69) is 48.6 Å². The molecule has 0 aliphatic heterocycles. The zero-order valence-electron chi connectivity index (χ0n) is 13.3. The van der Waals surface area contributed by atoms with Crippen molar-refractivity contribution >= 4 is 5.69 Å². The second-order valence-electron chi connectivity index (χ2n) is 5.58. The number of rotatable bonds is 6. The Morgan fingerprint density at radius 3 is 2.22 bits per heavy atom. The van der Waals surface area contributed by atoms with Gasteiger partial charge in [-0.3, -0.25) is 0 Å². The average molecular weight is 303 g/mol. The second-order valence-corrected chi connectivity index (χ2v) is 5.58. The highest BCUT2D eigenvalue weighted by molar-refractivity contribution is 5.43. The monoisotopic (exact) mass is 303 g/mol. The lowest BCUT2D eigenvalue weighted by Gasteiger charge is -2.10. The Balaban J connectivity index is 1.54. The van der Waals surface area contributed by atoms with Crippen molar-refractivity contribution < 1.29 is 4.74 Å². The summed E-state index contributed by atoms with van der Waals surface area (Å²) >= 11 is 0. The fourth-order valence-electron chi connectivity index (χ4n) is 2.40. The maximum Gasteiger partial charge on any atom is 0.119 e. The van der Waals surface area contributed by atoms with Crippen LogP contribution >= 0.6 is 0 Å². The molecule has 2 heteroatoms. The third-order valence-corrected chi connectivity index (χ3v) is 3.85. The first kappa shape index (κ1) is 15.2. The highest BCUT2D eigenvalue weighted by Gasteiger charge is 2.00. The van der Waals surface area contributed by atoms with E-state index in [1.807, 2.05) is 42.5 Å². The highest BCUT2D eigenvalue weighted by Crippen LogP contribution is 2.16. The van der Waals surface area contributed by atoms with Crippen LogP contribution in [0.4, 0.5) is 5.69 Å². The molecule has 0 heterocycles. The van der Waals surface area contributed by atoms with Crippen LogP contribution in [0.25, 0.3) is 0 Å². The predicted octanol–water partition coefficient (Wildman–Crippen LogP) is 5.19. The van der Waals surface area contributed by atoms with Gasteiger partial charge >= 0.3 is 0 Å². The summed E-state index contributed by atoms with van der Waals surface area (Å²) in [6.45, 7) is 3.52. The van der Waals surface area contributed by atoms with Gasteiger partial charge in [0, 0.05) is 12.2 Å². The lowest BCUT2D eigenvalue weighted by molar-refractivity contribution is 0.305. The Kier molecular flexibility index (Phi) is 4.95. The smallest absolute Gasteiger partial charge is 0.119 e. The number of ether oxygens (including phenoxy) is 1. The zero-order chi connectivity index (χ0) is 15.9. The molecule has 3 aromatic carbocycles. The van der Waals surface area contributed by atoms with Gasteiger partial charge in [0.15, 0.2) is 0 Å². The SMILES string of the molecule is Cc1ccccc1COc1ccc(CNc2ccccc2)cc1. The molecule has 0 unspecified atom stereocenters. The van der Waals surface area contributed by atoms with E-state index < -0.39 is 0 Å². The van der Waals surface area contributed by atoms with Gasteiger partial charge in [0.05, 0.1) is 0 Å². The number of hydrogen-bond donors (Lipinski definition) is 1. The minimum absolute atomic E-state index is 0.605. The molecule has 0 bridgehead atoms. The van der Waals surface area contributed by atoms with E-state index in [-0.39, 0.29) is 0 Å². The van der Waals surface area contributed by atoms with Gasteiger partial charge in [-0.1, -0.05) is 54.6 Å². The molecule has 1 N–H and O–H groups in total. The number of nitrogens with one attached hydrogen (secondary N) is 1. The number of benzene rings is 3. The Labute approximate surface area is 137 Å². The Bertz CT molecular complexity index is 735. The van der Waals surface area contributed by atoms with Gasteiger partial charge in [0.2, 0.25) is 0 Å². The van der Waals surface area contributed by atoms with Gasteiger partial charge in [-0.25, -0.2) is 0 Å². The summed E-state index contributed by atoms with van der Waals surface area (Å²) in [4.78, 5) is 0. The van der Waals surface area contributed by atoms with E-state index in [0.717, 1.165) is 18.0 Å². The normalized spacial score (nSPS) is 10.3. The molecule has 0 saturated heterocycles. The van der Waals surface area contributed by atoms with Crippen LogP contribution < -0.4 is 10.1 Å². The number of anilines is 1. The molecule has 0 aliphatic rings. The first-order valence-corrected chi connectivity index (χ1v) is 7.86. The average Bonchev–Trinajstić information content (AvgIpc) is 2.61. The molecule has 0 aliphatic carbocycles. The van der Waals surface area contributed by atoms with Gasteiger partial charge < -0.3 is 10.1 Å². The molecule has 0 atom stereocenters. The van der Waals surface area contributed by atoms with Gasteiger partial charge in [-0.05, 0) is 47.9 Å². The maximum atomic E-state index is 5.87. The topological polar surface area (TPSA) is 21.3 Å². The summed E-state index contributed by atoms with van der Waals surface area (Å²) in [6, 6.07) is 26.8. The van der Waals surface area contributed by atoms with Crippen molar-refractivity contribution in [1.29, 1.82) is 0 Å². The molecule has 23 heavy (non-hydrogen) atoms. The summed E-state index contributed by atoms with van der Waals surface area (Å²) in [6.07, 6.45) is 0. The van der Waals surface area contributed by atoms with E-state index in [1.165, 1.54) is 16.7 Å². The number of para-hydroxylation sites is 1. The molecule has 116 valence electrons. The molecule has 0 fully saturated rings. The highest BCUT2D eigenvalue weighted by atomic mass is 16.5. The minimum Gasteiger partial charge on any atom is -0.489 e. The maximum absolute atomic E-state index is 5.87. The van der Waals surface area contributed by atoms with Crippen LogP contribution in [0.15, 0.2) is 78.9 Å². The molecule has 0 amide bonds. The Morgan fingerprint density at radius 1 is 0.783 bits per heavy atom. The summed E-state index contributed by atoms with van der Waals surface area (Å²) in [5.74, 6) is 0.900. The van der Waals surface area contributed by atoms with Gasteiger partial charge in [-0.2, -0.15) is 0 Å². The van der Waals surface area contributed by atoms with Crippen molar-refractivity contribution in [3.05, 3.63) is 95.6 Å². The fraction of sp³-hybridized carbons (Fsp3) is 0.143. The van der Waals surface area contributed by atoms with Gasteiger partial charge in [-0.15, -0.1) is 0 Å². The number of hydrogen-bond acceptors (Lipinski definition) is 2. The molecule has 2 nitrogen and oxygen atoms in total. The Hall–Kier alpha value is -2.74. The van der Waals surface area contributed by atoms with Crippen LogP contribution in [0.3, 0.4) is 0 Å². The summed E-state index contributed by atoms with van der Waals surface area (Å²) in [7, 11) is 0. The van der Waals surface area contributed by atoms with Crippen LogP contribution in [0.5, 0.6) is 5.75 Å². The summed E-state index contributed by atoms with van der Waals surface area (Å²) in [5, 5.41) is 3.40. The molecular weight excluding hydrogens is 282 g/mol. The van der Waals surface area contributed by atoms with Gasteiger partial charge in [0.1, 0.15) is 12.4 Å². The van der Waals surface area contributed by atoms with E-state index in [9.17, 15) is 0 Å². The molecular formula is C21H21NO. The van der Waals surface area contributed by atoms with Crippen molar-refractivity contribution in [3.8, 4) is 5.75 Å². The summed E-state index contributed by atoms with van der Waals surface area (Å²) in [5.41, 5.74) is 4.85. The van der Waals surface area contributed by atoms with Crippen molar-refractivity contribution in [2.75, 3.05) is 5.32 Å². The Morgan fingerprint density at radius 2 is 1.48 bits per heavy atom. The van der Waals surface area contributed by atoms with Crippen LogP contribution in [0, 0.1) is 6.92 Å². The minimum atomic E-state index is 0.605. The fourth-order valence-corrected chi connectivity index (χ4v) is 2.40. The molecule has 0 saturated carbocycles. The predicted molar refractivity (Wildman–Crippen MR) is 95.7 cm³/mol. The zero-order valence-corrected chi connectivity index (χ0v) is 13.3. The van der Waals surface area contributed by atoms with Gasteiger partial charge in [0.25, 0.3) is 0 Å². The van der Waals surface area contributed by atoms with E-state index in [1.54, 1.807) is 0 Å². The third-order valence-electron chi connectivity index (χ3n) is 3.85. The molecule has 3 rings (SSSR count). The lowest BCUT2D eigenvalue weighted by atomic mass is 10.1. The quantitative estimate of drug-likeness (QED) is 0.677. The molecule has 3 aromatic rings. The summed E-state index contributed by atoms with van der Waals surface area (Å²) < 4.78 is 5.87. The van der Waals surface area contributed by atoms with E-state index >= 15 is 0 Å². The van der Waals surface area contributed by atoms with Crippen LogP contribution in [0.1, 0.15) is 16.7 Å². The van der Waals surface area contributed by atoms with Crippen molar-refractivity contribution in [2.24, 2.45) is 0 Å². The molecule has 0 radical (unpaired) electrons. The van der Waals surface area contributed by atoms with E-state index in [0.29, 0.717) is 6.61 Å². The molecule has 0 aromatic heterocycles. The number of aryl methyl sites for hydroxylation is 1. The largest absolute Gasteiger partial charge is 0.489 e. The molecule has 0 spiro atoms. The van der Waals surface area contributed by atoms with Crippen molar-refractivity contribution in [2.45, 2.75) is 20.1 Å². The van der Waals surface area contributed by atoms with Crippen LogP contribution in [-0.2, 0) is 13.2 Å². The first-order chi connectivity index (χ1) is 11.3. The third kappa shape index (κ3) is 4.36. The second kappa shape index (κ2) is 7.50. The van der Waals surface area contributed by atoms with Crippen molar-refractivity contribution in [3.63, 3.8) is 0 Å². The van der Waals surface area contributed by atoms with Crippen molar-refractivity contribution in [1.82, 2.24) is 0 Å². The van der Waals surface area contributed by atoms with Crippen LogP contribution in [0.2, 0.25) is 0 Å².